The maximum Gasteiger partial charge on any atom is 0.402 e. The zero-order valence-electron chi connectivity index (χ0n) is 5.90. The zero-order chi connectivity index (χ0) is 9.35. The molecule has 66 valence electrons. The van der Waals surface area contributed by atoms with Gasteiger partial charge in [-0.25, -0.2) is 9.48 Å². The van der Waals surface area contributed by atoms with Crippen molar-refractivity contribution in [1.82, 2.24) is 20.2 Å². The van der Waals surface area contributed by atoms with Crippen molar-refractivity contribution in [3.63, 3.8) is 0 Å². The lowest BCUT2D eigenvalue weighted by atomic mass is 10.3. The van der Waals surface area contributed by atoms with Gasteiger partial charge in [0.2, 0.25) is 5.82 Å². The number of carbonyl (C=O) groups is 1. The fourth-order valence-electron chi connectivity index (χ4n) is 0.591. The molecular weight excluding hydrogens is 174 g/mol. The summed E-state index contributed by atoms with van der Waals surface area (Å²) in [6.45, 7) is 0. The third kappa shape index (κ3) is 1.11. The van der Waals surface area contributed by atoms with E-state index in [9.17, 15) is 13.6 Å². The minimum absolute atomic E-state index is 0.605. The van der Waals surface area contributed by atoms with Crippen LogP contribution in [0.25, 0.3) is 0 Å². The monoisotopic (exact) mass is 178 g/mol. The summed E-state index contributed by atoms with van der Waals surface area (Å²) in [4.78, 5) is 10.0. The van der Waals surface area contributed by atoms with E-state index in [-0.39, 0.29) is 0 Å². The molecule has 0 atom stereocenters. The van der Waals surface area contributed by atoms with E-state index in [0.717, 1.165) is 7.05 Å². The van der Waals surface area contributed by atoms with Gasteiger partial charge in [-0.2, -0.15) is 8.78 Å². The molecule has 0 saturated heterocycles. The Morgan fingerprint density at radius 2 is 2.25 bits per heavy atom. The fraction of sp³-hybridized carbons (Fsp3) is 0.500. The summed E-state index contributed by atoms with van der Waals surface area (Å²) in [5.74, 6) is -7.31. The van der Waals surface area contributed by atoms with Crippen LogP contribution < -0.4 is 0 Å². The van der Waals surface area contributed by atoms with E-state index in [4.69, 9.17) is 5.11 Å². The van der Waals surface area contributed by atoms with Crippen molar-refractivity contribution in [2.75, 3.05) is 0 Å². The minimum Gasteiger partial charge on any atom is -0.476 e. The Balaban J connectivity index is 3.13. The molecule has 1 heterocycles. The number of aryl methyl sites for hydroxylation is 1. The number of carboxylic acid groups (broad SMARTS) is 1. The van der Waals surface area contributed by atoms with E-state index >= 15 is 0 Å². The van der Waals surface area contributed by atoms with Crippen molar-refractivity contribution in [2.45, 2.75) is 5.92 Å². The van der Waals surface area contributed by atoms with Crippen molar-refractivity contribution in [1.29, 1.82) is 0 Å². The van der Waals surface area contributed by atoms with Gasteiger partial charge in [-0.05, 0) is 10.4 Å². The third-order valence-electron chi connectivity index (χ3n) is 1.17. The number of hydrogen-bond donors (Lipinski definition) is 1. The first-order chi connectivity index (χ1) is 5.46. The van der Waals surface area contributed by atoms with Gasteiger partial charge in [0.25, 0.3) is 0 Å². The number of aromatic nitrogens is 4. The van der Waals surface area contributed by atoms with Crippen LogP contribution in [-0.4, -0.2) is 31.3 Å². The van der Waals surface area contributed by atoms with Crippen LogP contribution in [0.15, 0.2) is 0 Å². The highest BCUT2D eigenvalue weighted by Crippen LogP contribution is 2.24. The molecule has 0 spiro atoms. The first-order valence-electron chi connectivity index (χ1n) is 2.80. The van der Waals surface area contributed by atoms with Gasteiger partial charge >= 0.3 is 11.9 Å². The summed E-state index contributed by atoms with van der Waals surface area (Å²) in [7, 11) is 1.13. The summed E-state index contributed by atoms with van der Waals surface area (Å²) < 4.78 is 25.8. The number of rotatable bonds is 2. The molecule has 12 heavy (non-hydrogen) atoms. The number of tetrazole rings is 1. The standard InChI is InChI=1S/C4H4F2N4O2/c1-10-2(7-8-9-10)4(5,6)3(11)12/h1H3,(H,11,12). The zero-order valence-corrected chi connectivity index (χ0v) is 5.90. The summed E-state index contributed by atoms with van der Waals surface area (Å²) >= 11 is 0. The molecule has 0 amide bonds. The maximum atomic E-state index is 12.6. The number of aliphatic carboxylic acids is 1. The van der Waals surface area contributed by atoms with Crippen LogP contribution in [0, 0.1) is 0 Å². The first kappa shape index (κ1) is 8.50. The molecule has 0 bridgehead atoms. The summed E-state index contributed by atoms with van der Waals surface area (Å²) in [6, 6.07) is 0. The molecule has 0 radical (unpaired) electrons. The molecule has 0 aliphatic carbocycles. The summed E-state index contributed by atoms with van der Waals surface area (Å²) in [5, 5.41) is 16.9. The highest BCUT2D eigenvalue weighted by atomic mass is 19.3. The molecule has 1 aromatic heterocycles. The van der Waals surface area contributed by atoms with Crippen LogP contribution in [0.4, 0.5) is 8.78 Å². The quantitative estimate of drug-likeness (QED) is 0.653. The van der Waals surface area contributed by atoms with E-state index in [1.165, 1.54) is 0 Å². The van der Waals surface area contributed by atoms with Gasteiger partial charge < -0.3 is 5.11 Å². The van der Waals surface area contributed by atoms with Crippen molar-refractivity contribution in [3.05, 3.63) is 5.82 Å². The highest BCUT2D eigenvalue weighted by molar-refractivity contribution is 5.75. The van der Waals surface area contributed by atoms with Gasteiger partial charge in [0.05, 0.1) is 0 Å². The average Bonchev–Trinajstić information content (AvgIpc) is 2.35. The van der Waals surface area contributed by atoms with Gasteiger partial charge in [0, 0.05) is 7.05 Å². The van der Waals surface area contributed by atoms with Gasteiger partial charge in [-0.15, -0.1) is 5.10 Å². The Kier molecular flexibility index (Phi) is 1.75. The molecule has 8 heteroatoms. The lowest BCUT2D eigenvalue weighted by Crippen LogP contribution is -2.29. The van der Waals surface area contributed by atoms with Gasteiger partial charge in [-0.3, -0.25) is 0 Å². The molecule has 0 aliphatic rings. The Hall–Kier alpha value is -1.60. The van der Waals surface area contributed by atoms with Gasteiger partial charge in [0.1, 0.15) is 0 Å². The van der Waals surface area contributed by atoms with Crippen molar-refractivity contribution < 1.29 is 18.7 Å². The van der Waals surface area contributed by atoms with Crippen LogP contribution in [-0.2, 0) is 17.8 Å². The van der Waals surface area contributed by atoms with Crippen molar-refractivity contribution in [2.24, 2.45) is 7.05 Å². The molecule has 0 aliphatic heterocycles. The van der Waals surface area contributed by atoms with Crippen molar-refractivity contribution in [3.8, 4) is 0 Å². The first-order valence-corrected chi connectivity index (χ1v) is 2.80. The summed E-state index contributed by atoms with van der Waals surface area (Å²) in [5.41, 5.74) is 0. The minimum atomic E-state index is -4.04. The van der Waals surface area contributed by atoms with E-state index in [1.54, 1.807) is 0 Å². The van der Waals surface area contributed by atoms with E-state index in [1.807, 2.05) is 0 Å². The second kappa shape index (κ2) is 2.47. The Labute approximate surface area is 64.8 Å². The van der Waals surface area contributed by atoms with Crippen LogP contribution in [0.5, 0.6) is 0 Å². The van der Waals surface area contributed by atoms with E-state index in [0.29, 0.717) is 4.68 Å². The molecule has 1 N–H and O–H groups in total. The Bertz CT molecular complexity index is 310. The third-order valence-corrected chi connectivity index (χ3v) is 1.17. The Morgan fingerprint density at radius 3 is 2.58 bits per heavy atom. The van der Waals surface area contributed by atoms with E-state index < -0.39 is 17.7 Å². The highest BCUT2D eigenvalue weighted by Gasteiger charge is 2.46. The number of alkyl halides is 2. The number of nitrogens with zero attached hydrogens (tertiary/aromatic N) is 4. The second-order valence-corrected chi connectivity index (χ2v) is 2.01. The molecular formula is C4H4F2N4O2. The summed E-state index contributed by atoms with van der Waals surface area (Å²) in [6.07, 6.45) is 0. The maximum absolute atomic E-state index is 12.6. The molecule has 0 unspecified atom stereocenters. The second-order valence-electron chi connectivity index (χ2n) is 2.01. The predicted molar refractivity (Wildman–Crippen MR) is 30.3 cm³/mol. The molecule has 1 rings (SSSR count). The lowest BCUT2D eigenvalue weighted by molar-refractivity contribution is -0.168. The molecule has 0 saturated carbocycles. The van der Waals surface area contributed by atoms with Gasteiger partial charge in [-0.1, -0.05) is 0 Å². The molecule has 0 fully saturated rings. The predicted octanol–water partition coefficient (Wildman–Crippen LogP) is -0.614. The molecule has 0 aromatic carbocycles. The number of hydrogen-bond acceptors (Lipinski definition) is 4. The lowest BCUT2D eigenvalue weighted by Gasteiger charge is -2.07. The largest absolute Gasteiger partial charge is 0.476 e. The van der Waals surface area contributed by atoms with Crippen molar-refractivity contribution >= 4 is 5.97 Å². The molecule has 1 aromatic rings. The van der Waals surface area contributed by atoms with Crippen LogP contribution in [0.3, 0.4) is 0 Å². The number of halogens is 2. The smallest absolute Gasteiger partial charge is 0.402 e. The van der Waals surface area contributed by atoms with Crippen LogP contribution in [0.1, 0.15) is 5.82 Å². The normalized spacial score (nSPS) is 11.6. The number of carboxylic acids is 1. The van der Waals surface area contributed by atoms with E-state index in [2.05, 4.69) is 15.5 Å². The topological polar surface area (TPSA) is 80.9 Å². The van der Waals surface area contributed by atoms with Gasteiger partial charge in [0.15, 0.2) is 0 Å². The van der Waals surface area contributed by atoms with Crippen LogP contribution in [0.2, 0.25) is 0 Å². The SMILES string of the molecule is Cn1nnnc1C(F)(F)C(=O)O. The fourth-order valence-corrected chi connectivity index (χ4v) is 0.591. The Morgan fingerprint density at radius 1 is 1.67 bits per heavy atom. The molecule has 6 nitrogen and oxygen atoms in total. The van der Waals surface area contributed by atoms with Crippen LogP contribution >= 0.6 is 0 Å². The average molecular weight is 178 g/mol.